The van der Waals surface area contributed by atoms with E-state index in [4.69, 9.17) is 0 Å². The third-order valence-electron chi connectivity index (χ3n) is 3.50. The number of Topliss-reactive ketones (excluding diaryl/α,β-unsaturated/α-hetero) is 1. The minimum atomic E-state index is -0.0165. The van der Waals surface area contributed by atoms with E-state index in [0.29, 0.717) is 24.9 Å². The zero-order valence-electron chi connectivity index (χ0n) is 12.8. The summed E-state index contributed by atoms with van der Waals surface area (Å²) in [5.41, 5.74) is 1.78. The van der Waals surface area contributed by atoms with Crippen LogP contribution in [0.15, 0.2) is 60.7 Å². The Labute approximate surface area is 131 Å². The lowest BCUT2D eigenvalue weighted by Crippen LogP contribution is -2.25. The number of rotatable bonds is 7. The van der Waals surface area contributed by atoms with Crippen molar-refractivity contribution >= 4 is 11.7 Å². The molecular formula is C19H21NO2. The molecule has 0 aliphatic carbocycles. The first-order valence-corrected chi connectivity index (χ1v) is 7.54. The van der Waals surface area contributed by atoms with Gasteiger partial charge in [-0.05, 0) is 11.5 Å². The van der Waals surface area contributed by atoms with E-state index in [0.717, 1.165) is 5.56 Å². The Morgan fingerprint density at radius 1 is 0.909 bits per heavy atom. The van der Waals surface area contributed by atoms with Gasteiger partial charge in [-0.25, -0.2) is 0 Å². The quantitative estimate of drug-likeness (QED) is 0.793. The monoisotopic (exact) mass is 295 g/mol. The number of amides is 1. The van der Waals surface area contributed by atoms with Crippen molar-refractivity contribution in [2.75, 3.05) is 0 Å². The van der Waals surface area contributed by atoms with Crippen LogP contribution in [0.4, 0.5) is 0 Å². The van der Waals surface area contributed by atoms with Gasteiger partial charge >= 0.3 is 0 Å². The minimum Gasteiger partial charge on any atom is -0.352 e. The van der Waals surface area contributed by atoms with E-state index in [1.807, 2.05) is 67.6 Å². The molecule has 0 aliphatic heterocycles. The van der Waals surface area contributed by atoms with Gasteiger partial charge in [-0.2, -0.15) is 0 Å². The van der Waals surface area contributed by atoms with Crippen molar-refractivity contribution in [3.8, 4) is 0 Å². The Morgan fingerprint density at radius 3 is 2.14 bits per heavy atom. The zero-order chi connectivity index (χ0) is 15.8. The van der Waals surface area contributed by atoms with Crippen molar-refractivity contribution < 1.29 is 9.59 Å². The molecular weight excluding hydrogens is 274 g/mol. The predicted octanol–water partition coefficient (Wildman–Crippen LogP) is 3.60. The summed E-state index contributed by atoms with van der Waals surface area (Å²) in [5.74, 6) is 0.102. The van der Waals surface area contributed by atoms with Crippen molar-refractivity contribution in [1.82, 2.24) is 5.32 Å². The topological polar surface area (TPSA) is 46.2 Å². The normalized spacial score (nSPS) is 11.7. The van der Waals surface area contributed by atoms with Crippen molar-refractivity contribution in [3.63, 3.8) is 0 Å². The van der Waals surface area contributed by atoms with Gasteiger partial charge in [0.25, 0.3) is 0 Å². The number of hydrogen-bond donors (Lipinski definition) is 1. The van der Waals surface area contributed by atoms with Gasteiger partial charge in [-0.15, -0.1) is 0 Å². The van der Waals surface area contributed by atoms with Crippen molar-refractivity contribution in [3.05, 3.63) is 71.8 Å². The van der Waals surface area contributed by atoms with Gasteiger partial charge < -0.3 is 5.32 Å². The van der Waals surface area contributed by atoms with E-state index >= 15 is 0 Å². The average Bonchev–Trinajstić information content (AvgIpc) is 2.54. The van der Waals surface area contributed by atoms with Crippen molar-refractivity contribution in [1.29, 1.82) is 0 Å². The molecule has 0 aromatic heterocycles. The van der Waals surface area contributed by atoms with Crippen LogP contribution < -0.4 is 5.32 Å². The van der Waals surface area contributed by atoms with E-state index in [9.17, 15) is 9.59 Å². The maximum atomic E-state index is 12.1. The molecule has 1 unspecified atom stereocenters. The van der Waals surface area contributed by atoms with Crippen LogP contribution in [0.25, 0.3) is 0 Å². The maximum Gasteiger partial charge on any atom is 0.220 e. The van der Waals surface area contributed by atoms with Crippen LogP contribution in [0.3, 0.4) is 0 Å². The molecule has 1 atom stereocenters. The van der Waals surface area contributed by atoms with Gasteiger partial charge in [0, 0.05) is 24.9 Å². The fourth-order valence-corrected chi connectivity index (χ4v) is 2.32. The maximum absolute atomic E-state index is 12.1. The first-order chi connectivity index (χ1) is 10.6. The first kappa shape index (κ1) is 16.0. The van der Waals surface area contributed by atoms with Crippen molar-refractivity contribution in [2.24, 2.45) is 5.92 Å². The fraction of sp³-hybridized carbons (Fsp3) is 0.263. The molecule has 0 radical (unpaired) electrons. The second kappa shape index (κ2) is 8.13. The summed E-state index contributed by atoms with van der Waals surface area (Å²) in [4.78, 5) is 24.0. The highest BCUT2D eigenvalue weighted by Crippen LogP contribution is 2.13. The van der Waals surface area contributed by atoms with Crippen LogP contribution >= 0.6 is 0 Å². The molecule has 0 saturated heterocycles. The fourth-order valence-electron chi connectivity index (χ4n) is 2.32. The Morgan fingerprint density at radius 2 is 1.50 bits per heavy atom. The summed E-state index contributed by atoms with van der Waals surface area (Å²) in [6.07, 6.45) is 0.758. The summed E-state index contributed by atoms with van der Waals surface area (Å²) >= 11 is 0. The molecule has 0 fully saturated rings. The Bertz CT molecular complexity index is 608. The van der Waals surface area contributed by atoms with Gasteiger partial charge in [0.05, 0.1) is 0 Å². The standard InChI is InChI=1S/C19H21NO2/c1-15(12-18(21)17-10-6-3-7-11-17)13-19(22)20-14-16-8-4-2-5-9-16/h2-11,15H,12-14H2,1H3,(H,20,22). The Hall–Kier alpha value is -2.42. The van der Waals surface area contributed by atoms with Crippen molar-refractivity contribution in [2.45, 2.75) is 26.3 Å². The summed E-state index contributed by atoms with van der Waals surface area (Å²) in [5, 5.41) is 2.89. The van der Waals surface area contributed by atoms with E-state index in [1.54, 1.807) is 0 Å². The number of carbonyl (C=O) groups excluding carboxylic acids is 2. The van der Waals surface area contributed by atoms with Crippen LogP contribution in [-0.4, -0.2) is 11.7 Å². The van der Waals surface area contributed by atoms with E-state index in [-0.39, 0.29) is 17.6 Å². The Balaban J connectivity index is 1.75. The third-order valence-corrected chi connectivity index (χ3v) is 3.50. The predicted molar refractivity (Wildman–Crippen MR) is 87.5 cm³/mol. The average molecular weight is 295 g/mol. The molecule has 2 rings (SSSR count). The molecule has 3 heteroatoms. The molecule has 1 N–H and O–H groups in total. The lowest BCUT2D eigenvalue weighted by molar-refractivity contribution is -0.122. The lowest BCUT2D eigenvalue weighted by atomic mass is 9.97. The molecule has 2 aromatic rings. The SMILES string of the molecule is CC(CC(=O)NCc1ccccc1)CC(=O)c1ccccc1. The van der Waals surface area contributed by atoms with Crippen LogP contribution in [-0.2, 0) is 11.3 Å². The highest BCUT2D eigenvalue weighted by molar-refractivity contribution is 5.96. The molecule has 114 valence electrons. The highest BCUT2D eigenvalue weighted by atomic mass is 16.1. The summed E-state index contributed by atoms with van der Waals surface area (Å²) in [6.45, 7) is 2.46. The van der Waals surface area contributed by atoms with Gasteiger partial charge in [-0.3, -0.25) is 9.59 Å². The molecule has 22 heavy (non-hydrogen) atoms. The number of benzene rings is 2. The number of carbonyl (C=O) groups is 2. The van der Waals surface area contributed by atoms with Gasteiger partial charge in [-0.1, -0.05) is 67.6 Å². The zero-order valence-corrected chi connectivity index (χ0v) is 12.8. The van der Waals surface area contributed by atoms with Gasteiger partial charge in [0.2, 0.25) is 5.91 Å². The summed E-state index contributed by atoms with van der Waals surface area (Å²) in [6, 6.07) is 19.0. The molecule has 0 heterocycles. The van der Waals surface area contributed by atoms with Gasteiger partial charge in [0.1, 0.15) is 0 Å². The Kier molecular flexibility index (Phi) is 5.90. The number of ketones is 1. The van der Waals surface area contributed by atoms with E-state index in [1.165, 1.54) is 0 Å². The largest absolute Gasteiger partial charge is 0.352 e. The van der Waals surface area contributed by atoms with E-state index in [2.05, 4.69) is 5.32 Å². The molecule has 2 aromatic carbocycles. The third kappa shape index (κ3) is 5.17. The molecule has 0 saturated carbocycles. The molecule has 0 bridgehead atoms. The number of hydrogen-bond acceptors (Lipinski definition) is 2. The molecule has 0 spiro atoms. The second-order valence-corrected chi connectivity index (χ2v) is 5.56. The minimum absolute atomic E-state index is 0.0165. The second-order valence-electron chi connectivity index (χ2n) is 5.56. The lowest BCUT2D eigenvalue weighted by Gasteiger charge is -2.11. The molecule has 1 amide bonds. The number of nitrogens with one attached hydrogen (secondary N) is 1. The molecule has 3 nitrogen and oxygen atoms in total. The van der Waals surface area contributed by atoms with Crippen LogP contribution in [0.5, 0.6) is 0 Å². The summed E-state index contributed by atoms with van der Waals surface area (Å²) in [7, 11) is 0. The summed E-state index contributed by atoms with van der Waals surface area (Å²) < 4.78 is 0. The van der Waals surface area contributed by atoms with Crippen LogP contribution in [0.2, 0.25) is 0 Å². The first-order valence-electron chi connectivity index (χ1n) is 7.54. The van der Waals surface area contributed by atoms with E-state index < -0.39 is 0 Å². The van der Waals surface area contributed by atoms with Crippen LogP contribution in [0, 0.1) is 5.92 Å². The molecule has 0 aliphatic rings. The van der Waals surface area contributed by atoms with Crippen LogP contribution in [0.1, 0.15) is 35.7 Å². The highest BCUT2D eigenvalue weighted by Gasteiger charge is 2.14. The smallest absolute Gasteiger partial charge is 0.220 e. The van der Waals surface area contributed by atoms with Gasteiger partial charge in [0.15, 0.2) is 5.78 Å².